The molecule has 5 nitrogen and oxygen atoms in total. The Bertz CT molecular complexity index is 674. The molecule has 0 bridgehead atoms. The van der Waals surface area contributed by atoms with Gasteiger partial charge in [-0.3, -0.25) is 0 Å². The molecule has 2 rings (SSSR count). The summed E-state index contributed by atoms with van der Waals surface area (Å²) in [5.41, 5.74) is 7.90. The number of rotatable bonds is 4. The molecule has 0 fully saturated rings. The molecule has 0 amide bonds. The minimum Gasteiger partial charge on any atom is -0.495 e. The van der Waals surface area contributed by atoms with Crippen LogP contribution in [0.4, 0.5) is 17.1 Å². The molecular formula is C15H15ClN2O3. The number of nitrogens with one attached hydrogen (secondary N) is 1. The predicted octanol–water partition coefficient (Wildman–Crippen LogP) is 3.46. The summed E-state index contributed by atoms with van der Waals surface area (Å²) in [4.78, 5) is 11.8. The van der Waals surface area contributed by atoms with Crippen molar-refractivity contribution in [3.8, 4) is 5.75 Å². The van der Waals surface area contributed by atoms with Gasteiger partial charge in [0.05, 0.1) is 36.2 Å². The van der Waals surface area contributed by atoms with E-state index in [4.69, 9.17) is 26.8 Å². The SMILES string of the molecule is COC(=O)c1cccc(N)c1Nc1ccc(Cl)c(OC)c1. The van der Waals surface area contributed by atoms with Gasteiger partial charge in [0.15, 0.2) is 0 Å². The Morgan fingerprint density at radius 1 is 1.24 bits per heavy atom. The number of nitrogen functional groups attached to an aromatic ring is 1. The van der Waals surface area contributed by atoms with E-state index < -0.39 is 5.97 Å². The van der Waals surface area contributed by atoms with E-state index in [1.165, 1.54) is 14.2 Å². The molecule has 110 valence electrons. The topological polar surface area (TPSA) is 73.6 Å². The van der Waals surface area contributed by atoms with Gasteiger partial charge in [-0.05, 0) is 24.3 Å². The molecule has 0 saturated carbocycles. The quantitative estimate of drug-likeness (QED) is 0.668. The molecule has 0 aliphatic rings. The minimum absolute atomic E-state index is 0.353. The van der Waals surface area contributed by atoms with Crippen LogP contribution in [0.5, 0.6) is 5.75 Å². The van der Waals surface area contributed by atoms with Crippen molar-refractivity contribution in [2.75, 3.05) is 25.3 Å². The molecule has 0 saturated heterocycles. The lowest BCUT2D eigenvalue weighted by Crippen LogP contribution is -2.08. The zero-order chi connectivity index (χ0) is 15.4. The molecule has 2 aromatic carbocycles. The Balaban J connectivity index is 2.41. The number of esters is 1. The number of hydrogen-bond donors (Lipinski definition) is 2. The maximum Gasteiger partial charge on any atom is 0.340 e. The molecule has 0 aliphatic heterocycles. The highest BCUT2D eigenvalue weighted by Crippen LogP contribution is 2.32. The summed E-state index contributed by atoms with van der Waals surface area (Å²) in [6.45, 7) is 0. The van der Waals surface area contributed by atoms with E-state index in [2.05, 4.69) is 5.32 Å². The molecule has 0 atom stereocenters. The standard InChI is InChI=1S/C15H15ClN2O3/c1-20-13-8-9(6-7-11(13)16)18-14-10(15(19)21-2)4-3-5-12(14)17/h3-8,18H,17H2,1-2H3. The molecular weight excluding hydrogens is 292 g/mol. The number of ether oxygens (including phenoxy) is 2. The lowest BCUT2D eigenvalue weighted by molar-refractivity contribution is 0.0602. The first-order valence-corrected chi connectivity index (χ1v) is 6.52. The zero-order valence-corrected chi connectivity index (χ0v) is 12.4. The molecule has 0 spiro atoms. The summed E-state index contributed by atoms with van der Waals surface area (Å²) < 4.78 is 9.91. The Morgan fingerprint density at radius 2 is 2.00 bits per heavy atom. The van der Waals surface area contributed by atoms with Gasteiger partial charge < -0.3 is 20.5 Å². The van der Waals surface area contributed by atoms with Crippen LogP contribution in [-0.2, 0) is 4.74 Å². The largest absolute Gasteiger partial charge is 0.495 e. The predicted molar refractivity (Wildman–Crippen MR) is 83.5 cm³/mol. The molecule has 2 aromatic rings. The van der Waals surface area contributed by atoms with E-state index in [-0.39, 0.29) is 0 Å². The van der Waals surface area contributed by atoms with Crippen LogP contribution >= 0.6 is 11.6 Å². The van der Waals surface area contributed by atoms with Crippen molar-refractivity contribution in [3.63, 3.8) is 0 Å². The Kier molecular flexibility index (Phi) is 4.55. The lowest BCUT2D eigenvalue weighted by atomic mass is 10.1. The molecule has 3 N–H and O–H groups in total. The van der Waals surface area contributed by atoms with Crippen molar-refractivity contribution in [2.45, 2.75) is 0 Å². The first-order chi connectivity index (χ1) is 10.1. The Morgan fingerprint density at radius 3 is 2.67 bits per heavy atom. The lowest BCUT2D eigenvalue weighted by Gasteiger charge is -2.14. The van der Waals surface area contributed by atoms with Crippen molar-refractivity contribution < 1.29 is 14.3 Å². The van der Waals surface area contributed by atoms with Crippen LogP contribution in [0, 0.1) is 0 Å². The smallest absolute Gasteiger partial charge is 0.340 e. The van der Waals surface area contributed by atoms with Crippen molar-refractivity contribution in [2.24, 2.45) is 0 Å². The van der Waals surface area contributed by atoms with Crippen LogP contribution in [0.25, 0.3) is 0 Å². The second-order valence-electron chi connectivity index (χ2n) is 4.24. The zero-order valence-electron chi connectivity index (χ0n) is 11.6. The number of anilines is 3. The second kappa shape index (κ2) is 6.37. The fourth-order valence-corrected chi connectivity index (χ4v) is 2.07. The monoisotopic (exact) mass is 306 g/mol. The Hall–Kier alpha value is -2.40. The number of carbonyl (C=O) groups is 1. The average molecular weight is 307 g/mol. The number of carbonyl (C=O) groups excluding carboxylic acids is 1. The molecule has 0 aliphatic carbocycles. The summed E-state index contributed by atoms with van der Waals surface area (Å²) in [5, 5.41) is 3.59. The molecule has 0 unspecified atom stereocenters. The number of para-hydroxylation sites is 1. The first kappa shape index (κ1) is 15.0. The van der Waals surface area contributed by atoms with Crippen molar-refractivity contribution in [1.82, 2.24) is 0 Å². The van der Waals surface area contributed by atoms with E-state index in [0.717, 1.165) is 0 Å². The highest BCUT2D eigenvalue weighted by molar-refractivity contribution is 6.32. The number of halogens is 1. The highest BCUT2D eigenvalue weighted by atomic mass is 35.5. The van der Waals surface area contributed by atoms with E-state index in [9.17, 15) is 4.79 Å². The fraction of sp³-hybridized carbons (Fsp3) is 0.133. The third-order valence-corrected chi connectivity index (χ3v) is 3.23. The molecule has 21 heavy (non-hydrogen) atoms. The van der Waals surface area contributed by atoms with E-state index in [0.29, 0.717) is 33.4 Å². The van der Waals surface area contributed by atoms with Gasteiger partial charge in [0.1, 0.15) is 5.75 Å². The van der Waals surface area contributed by atoms with Gasteiger partial charge in [0.25, 0.3) is 0 Å². The molecule has 6 heteroatoms. The van der Waals surface area contributed by atoms with Crippen molar-refractivity contribution in [3.05, 3.63) is 47.0 Å². The van der Waals surface area contributed by atoms with Crippen LogP contribution in [0.1, 0.15) is 10.4 Å². The number of hydrogen-bond acceptors (Lipinski definition) is 5. The second-order valence-corrected chi connectivity index (χ2v) is 4.64. The third-order valence-electron chi connectivity index (χ3n) is 2.92. The maximum absolute atomic E-state index is 11.8. The number of benzene rings is 2. The average Bonchev–Trinajstić information content (AvgIpc) is 2.50. The van der Waals surface area contributed by atoms with Gasteiger partial charge in [-0.1, -0.05) is 17.7 Å². The van der Waals surface area contributed by atoms with Crippen molar-refractivity contribution in [1.29, 1.82) is 0 Å². The van der Waals surface area contributed by atoms with Gasteiger partial charge in [-0.15, -0.1) is 0 Å². The van der Waals surface area contributed by atoms with Crippen LogP contribution < -0.4 is 15.8 Å². The first-order valence-electron chi connectivity index (χ1n) is 6.14. The summed E-state index contributed by atoms with van der Waals surface area (Å²) in [6, 6.07) is 10.2. The fourth-order valence-electron chi connectivity index (χ4n) is 1.87. The van der Waals surface area contributed by atoms with E-state index in [1.807, 2.05) is 0 Å². The van der Waals surface area contributed by atoms with Gasteiger partial charge >= 0.3 is 5.97 Å². The van der Waals surface area contributed by atoms with E-state index in [1.54, 1.807) is 36.4 Å². The number of nitrogens with two attached hydrogens (primary N) is 1. The number of methoxy groups -OCH3 is 2. The molecule has 0 radical (unpaired) electrons. The highest BCUT2D eigenvalue weighted by Gasteiger charge is 2.14. The summed E-state index contributed by atoms with van der Waals surface area (Å²) in [7, 11) is 2.85. The van der Waals surface area contributed by atoms with Crippen LogP contribution in [0.2, 0.25) is 5.02 Å². The molecule has 0 heterocycles. The summed E-state index contributed by atoms with van der Waals surface area (Å²) in [6.07, 6.45) is 0. The molecule has 0 aromatic heterocycles. The van der Waals surface area contributed by atoms with E-state index >= 15 is 0 Å². The van der Waals surface area contributed by atoms with Crippen molar-refractivity contribution >= 4 is 34.6 Å². The minimum atomic E-state index is -0.467. The maximum atomic E-state index is 11.8. The van der Waals surface area contributed by atoms with Gasteiger partial charge in [-0.2, -0.15) is 0 Å². The summed E-state index contributed by atoms with van der Waals surface area (Å²) >= 11 is 5.98. The van der Waals surface area contributed by atoms with Crippen LogP contribution in [-0.4, -0.2) is 20.2 Å². The Labute approximate surface area is 127 Å². The van der Waals surface area contributed by atoms with Gasteiger partial charge in [-0.25, -0.2) is 4.79 Å². The van der Waals surface area contributed by atoms with Crippen LogP contribution in [0.3, 0.4) is 0 Å². The van der Waals surface area contributed by atoms with Gasteiger partial charge in [0, 0.05) is 11.8 Å². The normalized spacial score (nSPS) is 10.0. The third kappa shape index (κ3) is 3.20. The van der Waals surface area contributed by atoms with Crippen LogP contribution in [0.15, 0.2) is 36.4 Å². The van der Waals surface area contributed by atoms with Gasteiger partial charge in [0.2, 0.25) is 0 Å². The summed E-state index contributed by atoms with van der Waals surface area (Å²) in [5.74, 6) is 0.0570.